The number of thiol groups is 1. The van der Waals surface area contributed by atoms with Gasteiger partial charge in [0.15, 0.2) is 0 Å². The van der Waals surface area contributed by atoms with E-state index in [1.54, 1.807) is 14.2 Å². The first-order valence-corrected chi connectivity index (χ1v) is 10.6. The molecule has 1 aromatic carbocycles. The highest BCUT2D eigenvalue weighted by Crippen LogP contribution is 2.44. The first-order valence-electron chi connectivity index (χ1n) is 10.1. The van der Waals surface area contributed by atoms with Crippen LogP contribution < -0.4 is 0 Å². The average Bonchev–Trinajstić information content (AvgIpc) is 2.66. The molecular weight excluding hydrogens is 344 g/mol. The fourth-order valence-electron chi connectivity index (χ4n) is 5.05. The molecule has 0 heterocycles. The molecule has 0 aliphatic heterocycles. The van der Waals surface area contributed by atoms with Gasteiger partial charge in [-0.15, -0.1) is 0 Å². The Morgan fingerprint density at radius 1 is 0.846 bits per heavy atom. The molecule has 0 bridgehead atoms. The van der Waals surface area contributed by atoms with Crippen molar-refractivity contribution >= 4 is 12.6 Å². The molecule has 0 aromatic heterocycles. The van der Waals surface area contributed by atoms with E-state index in [-0.39, 0.29) is 0 Å². The molecule has 0 atom stereocenters. The molecule has 2 fully saturated rings. The highest BCUT2D eigenvalue weighted by Gasteiger charge is 2.31. The SMILES string of the molecule is COCc1cc(C2CCC(C3CCC(S)CC3)CC2)cc(COC)c1O. The van der Waals surface area contributed by atoms with Gasteiger partial charge in [-0.2, -0.15) is 12.6 Å². The lowest BCUT2D eigenvalue weighted by atomic mass is 9.69. The average molecular weight is 379 g/mol. The minimum Gasteiger partial charge on any atom is -0.507 e. The van der Waals surface area contributed by atoms with E-state index in [1.165, 1.54) is 56.9 Å². The van der Waals surface area contributed by atoms with Gasteiger partial charge in [0, 0.05) is 30.6 Å². The molecule has 3 rings (SSSR count). The van der Waals surface area contributed by atoms with Crippen LogP contribution in [0.2, 0.25) is 0 Å². The molecule has 0 amide bonds. The summed E-state index contributed by atoms with van der Waals surface area (Å²) in [6.07, 6.45) is 10.5. The molecule has 2 aliphatic rings. The minimum atomic E-state index is 0.328. The van der Waals surface area contributed by atoms with E-state index < -0.39 is 0 Å². The Morgan fingerprint density at radius 3 is 1.77 bits per heavy atom. The van der Waals surface area contributed by atoms with Crippen LogP contribution in [-0.2, 0) is 22.7 Å². The van der Waals surface area contributed by atoms with Crippen molar-refractivity contribution in [1.82, 2.24) is 0 Å². The molecule has 0 saturated heterocycles. The topological polar surface area (TPSA) is 38.7 Å². The number of benzene rings is 1. The van der Waals surface area contributed by atoms with Crippen molar-refractivity contribution in [2.45, 2.75) is 75.7 Å². The Bertz CT molecular complexity index is 546. The lowest BCUT2D eigenvalue weighted by Gasteiger charge is -2.37. The number of aromatic hydroxyl groups is 1. The van der Waals surface area contributed by atoms with E-state index in [9.17, 15) is 5.11 Å². The third-order valence-electron chi connectivity index (χ3n) is 6.54. The molecular formula is C22H34O3S. The second kappa shape index (κ2) is 9.48. The second-order valence-electron chi connectivity index (χ2n) is 8.23. The van der Waals surface area contributed by atoms with Gasteiger partial charge in [-0.1, -0.05) is 0 Å². The van der Waals surface area contributed by atoms with Crippen LogP contribution in [0.15, 0.2) is 12.1 Å². The zero-order valence-electron chi connectivity index (χ0n) is 16.2. The van der Waals surface area contributed by atoms with E-state index in [1.807, 2.05) is 0 Å². The molecule has 2 aliphatic carbocycles. The van der Waals surface area contributed by atoms with E-state index in [0.717, 1.165) is 23.0 Å². The van der Waals surface area contributed by atoms with Gasteiger partial charge in [-0.05, 0) is 86.8 Å². The maximum Gasteiger partial charge on any atom is 0.126 e. The molecule has 2 saturated carbocycles. The van der Waals surface area contributed by atoms with Crippen molar-refractivity contribution < 1.29 is 14.6 Å². The van der Waals surface area contributed by atoms with Gasteiger partial charge in [-0.3, -0.25) is 0 Å². The molecule has 1 aromatic rings. The van der Waals surface area contributed by atoms with Crippen LogP contribution in [-0.4, -0.2) is 24.6 Å². The van der Waals surface area contributed by atoms with E-state index in [2.05, 4.69) is 24.8 Å². The van der Waals surface area contributed by atoms with Crippen LogP contribution >= 0.6 is 12.6 Å². The van der Waals surface area contributed by atoms with Crippen LogP contribution in [0.5, 0.6) is 5.75 Å². The highest BCUT2D eigenvalue weighted by atomic mass is 32.1. The maximum absolute atomic E-state index is 10.4. The summed E-state index contributed by atoms with van der Waals surface area (Å²) in [5, 5.41) is 11.1. The molecule has 1 N–H and O–H groups in total. The molecule has 0 unspecified atom stereocenters. The van der Waals surface area contributed by atoms with E-state index >= 15 is 0 Å². The summed E-state index contributed by atoms with van der Waals surface area (Å²) in [7, 11) is 3.35. The van der Waals surface area contributed by atoms with Crippen LogP contribution in [0.25, 0.3) is 0 Å². The monoisotopic (exact) mass is 378 g/mol. The minimum absolute atomic E-state index is 0.328. The lowest BCUT2D eigenvalue weighted by molar-refractivity contribution is 0.173. The summed E-state index contributed by atoms with van der Waals surface area (Å²) in [6, 6.07) is 4.30. The smallest absolute Gasteiger partial charge is 0.126 e. The zero-order valence-corrected chi connectivity index (χ0v) is 17.1. The van der Waals surface area contributed by atoms with Crippen LogP contribution in [0.3, 0.4) is 0 Å². The van der Waals surface area contributed by atoms with Gasteiger partial charge in [0.2, 0.25) is 0 Å². The van der Waals surface area contributed by atoms with Crippen molar-refractivity contribution in [3.63, 3.8) is 0 Å². The van der Waals surface area contributed by atoms with Gasteiger partial charge in [0.05, 0.1) is 13.2 Å². The molecule has 0 spiro atoms. The Morgan fingerprint density at radius 2 is 1.31 bits per heavy atom. The van der Waals surface area contributed by atoms with Crippen molar-refractivity contribution in [3.8, 4) is 5.75 Å². The van der Waals surface area contributed by atoms with Gasteiger partial charge in [0.1, 0.15) is 5.75 Å². The van der Waals surface area contributed by atoms with Gasteiger partial charge in [-0.25, -0.2) is 0 Å². The normalized spacial score (nSPS) is 29.7. The number of methoxy groups -OCH3 is 2. The van der Waals surface area contributed by atoms with E-state index in [4.69, 9.17) is 9.47 Å². The van der Waals surface area contributed by atoms with Crippen LogP contribution in [0, 0.1) is 11.8 Å². The molecule has 4 heteroatoms. The molecule has 0 radical (unpaired) electrons. The number of phenolic OH excluding ortho intramolecular Hbond substituents is 1. The second-order valence-corrected chi connectivity index (χ2v) is 8.96. The summed E-state index contributed by atoms with van der Waals surface area (Å²) in [4.78, 5) is 0. The standard InChI is InChI=1S/C22H34O3S/c1-24-13-19-11-18(12-20(14-25-2)22(19)23)17-5-3-15(4-6-17)16-7-9-21(26)10-8-16/h11-12,15-17,21,23,26H,3-10,13-14H2,1-2H3. The number of ether oxygens (including phenoxy) is 2. The molecule has 3 nitrogen and oxygen atoms in total. The highest BCUT2D eigenvalue weighted by molar-refractivity contribution is 7.80. The molecule has 26 heavy (non-hydrogen) atoms. The summed E-state index contributed by atoms with van der Waals surface area (Å²) < 4.78 is 10.6. The van der Waals surface area contributed by atoms with Gasteiger partial charge >= 0.3 is 0 Å². The van der Waals surface area contributed by atoms with Gasteiger partial charge < -0.3 is 14.6 Å². The fourth-order valence-corrected chi connectivity index (χ4v) is 5.35. The molecule has 146 valence electrons. The Hall–Kier alpha value is -0.710. The predicted octanol–water partition coefficient (Wildman–Crippen LogP) is 5.45. The third kappa shape index (κ3) is 4.76. The maximum atomic E-state index is 10.4. The van der Waals surface area contributed by atoms with Crippen molar-refractivity contribution in [3.05, 3.63) is 28.8 Å². The van der Waals surface area contributed by atoms with Crippen LogP contribution in [0.1, 0.15) is 74.0 Å². The zero-order chi connectivity index (χ0) is 18.5. The summed E-state index contributed by atoms with van der Waals surface area (Å²) in [5.41, 5.74) is 3.11. The Balaban J connectivity index is 1.66. The first-order chi connectivity index (χ1) is 12.6. The first kappa shape index (κ1) is 20.0. The predicted molar refractivity (Wildman–Crippen MR) is 109 cm³/mol. The largest absolute Gasteiger partial charge is 0.507 e. The summed E-state index contributed by atoms with van der Waals surface area (Å²) in [5.74, 6) is 2.75. The van der Waals surface area contributed by atoms with Crippen molar-refractivity contribution in [2.24, 2.45) is 11.8 Å². The van der Waals surface area contributed by atoms with Crippen LogP contribution in [0.4, 0.5) is 0 Å². The summed E-state index contributed by atoms with van der Waals surface area (Å²) >= 11 is 4.65. The number of rotatable bonds is 6. The third-order valence-corrected chi connectivity index (χ3v) is 7.06. The Labute approximate surface area is 163 Å². The summed E-state index contributed by atoms with van der Waals surface area (Å²) in [6.45, 7) is 0.886. The number of hydrogen-bond donors (Lipinski definition) is 2. The number of hydrogen-bond acceptors (Lipinski definition) is 4. The lowest BCUT2D eigenvalue weighted by Crippen LogP contribution is -2.25. The Kier molecular flexibility index (Phi) is 7.30. The van der Waals surface area contributed by atoms with E-state index in [0.29, 0.717) is 30.1 Å². The number of phenols is 1. The van der Waals surface area contributed by atoms with Crippen molar-refractivity contribution in [2.75, 3.05) is 14.2 Å². The quantitative estimate of drug-likeness (QED) is 0.647. The van der Waals surface area contributed by atoms with Gasteiger partial charge in [0.25, 0.3) is 0 Å². The fraction of sp³-hybridized carbons (Fsp3) is 0.727. The van der Waals surface area contributed by atoms with Crippen molar-refractivity contribution in [1.29, 1.82) is 0 Å².